The Hall–Kier alpha value is -2.53. The molecule has 0 radical (unpaired) electrons. The van der Waals surface area contributed by atoms with Crippen LogP contribution in [0.2, 0.25) is 0 Å². The lowest BCUT2D eigenvalue weighted by Gasteiger charge is -2.40. The fourth-order valence-electron chi connectivity index (χ4n) is 2.99. The van der Waals surface area contributed by atoms with Crippen LogP contribution in [0.5, 0.6) is 0 Å². The van der Waals surface area contributed by atoms with Gasteiger partial charge in [0.05, 0.1) is 11.4 Å². The monoisotopic (exact) mass is 370 g/mol. The van der Waals surface area contributed by atoms with Gasteiger partial charge in [-0.1, -0.05) is 13.8 Å². The van der Waals surface area contributed by atoms with Crippen LogP contribution in [0, 0.1) is 11.3 Å². The van der Waals surface area contributed by atoms with Crippen LogP contribution in [0.25, 0.3) is 0 Å². The van der Waals surface area contributed by atoms with E-state index in [9.17, 15) is 4.79 Å². The van der Waals surface area contributed by atoms with Gasteiger partial charge in [0.1, 0.15) is 6.07 Å². The molecule has 3 rings (SSSR count). The normalized spacial score (nSPS) is 17.4. The predicted molar refractivity (Wildman–Crippen MR) is 100 cm³/mol. The van der Waals surface area contributed by atoms with Crippen molar-refractivity contribution in [2.24, 2.45) is 0 Å². The molecule has 8 heteroatoms. The lowest BCUT2D eigenvalue weighted by molar-refractivity contribution is -0.131. The molecule has 26 heavy (non-hydrogen) atoms. The van der Waals surface area contributed by atoms with Crippen molar-refractivity contribution in [1.29, 1.82) is 5.26 Å². The van der Waals surface area contributed by atoms with Crippen molar-refractivity contribution in [2.75, 3.05) is 24.5 Å². The first kappa shape index (κ1) is 18.3. The molecule has 1 atom stereocenters. The summed E-state index contributed by atoms with van der Waals surface area (Å²) >= 11 is 1.62. The number of piperazine rings is 1. The van der Waals surface area contributed by atoms with Crippen LogP contribution in [-0.2, 0) is 11.2 Å². The highest BCUT2D eigenvalue weighted by atomic mass is 32.1. The zero-order chi connectivity index (χ0) is 18.7. The lowest BCUT2D eigenvalue weighted by atomic mass is 10.1. The number of hydrogen-bond donors (Lipinski definition) is 0. The highest BCUT2D eigenvalue weighted by Crippen LogP contribution is 2.23. The van der Waals surface area contributed by atoms with Gasteiger partial charge < -0.3 is 9.80 Å². The molecule has 0 saturated carbocycles. The number of nitriles is 1. The molecular formula is C18H22N6OS. The highest BCUT2D eigenvalue weighted by molar-refractivity contribution is 7.11. The topological polar surface area (TPSA) is 86.0 Å². The van der Waals surface area contributed by atoms with Crippen LogP contribution < -0.4 is 4.90 Å². The lowest BCUT2D eigenvalue weighted by Crippen LogP contribution is -2.54. The highest BCUT2D eigenvalue weighted by Gasteiger charge is 2.28. The van der Waals surface area contributed by atoms with Crippen molar-refractivity contribution in [2.45, 2.75) is 39.2 Å². The van der Waals surface area contributed by atoms with Gasteiger partial charge in [0.15, 0.2) is 11.5 Å². The minimum atomic E-state index is 0.140. The van der Waals surface area contributed by atoms with Gasteiger partial charge in [-0.15, -0.1) is 21.5 Å². The van der Waals surface area contributed by atoms with Crippen molar-refractivity contribution in [3.8, 4) is 6.07 Å². The van der Waals surface area contributed by atoms with Gasteiger partial charge >= 0.3 is 0 Å². The Balaban J connectivity index is 1.60. The molecule has 0 spiro atoms. The van der Waals surface area contributed by atoms with Crippen LogP contribution in [-0.4, -0.2) is 51.7 Å². The molecular weight excluding hydrogens is 348 g/mol. The second-order valence-corrected chi connectivity index (χ2v) is 7.91. The third kappa shape index (κ3) is 3.99. The summed E-state index contributed by atoms with van der Waals surface area (Å²) in [6.07, 6.45) is 2.23. The van der Waals surface area contributed by atoms with Crippen LogP contribution in [0.15, 0.2) is 18.3 Å². The standard InChI is InChI=1S/C18H22N6OS/c1-12(2)18-20-10-15(26-18)8-17(25)23-6-7-24(13(3)11-23)16-5-4-14(9-19)21-22-16/h4-5,10,12-13H,6-8,11H2,1-3H3/t13-/m1/s1. The molecule has 1 amide bonds. The van der Waals surface area contributed by atoms with E-state index in [0.717, 1.165) is 15.7 Å². The number of aromatic nitrogens is 3. The Kier molecular flexibility index (Phi) is 5.47. The molecule has 2 aromatic rings. The third-order valence-electron chi connectivity index (χ3n) is 4.43. The second-order valence-electron chi connectivity index (χ2n) is 6.77. The summed E-state index contributed by atoms with van der Waals surface area (Å²) in [5.41, 5.74) is 0.306. The smallest absolute Gasteiger partial charge is 0.228 e. The molecule has 0 N–H and O–H groups in total. The van der Waals surface area contributed by atoms with Crippen molar-refractivity contribution >= 4 is 23.1 Å². The summed E-state index contributed by atoms with van der Waals surface area (Å²) in [4.78, 5) is 22.1. The van der Waals surface area contributed by atoms with E-state index in [2.05, 4.69) is 40.9 Å². The molecule has 0 aromatic carbocycles. The zero-order valence-corrected chi connectivity index (χ0v) is 16.0. The van der Waals surface area contributed by atoms with Gasteiger partial charge in [-0.2, -0.15) is 5.26 Å². The number of carbonyl (C=O) groups is 1. The molecule has 2 aromatic heterocycles. The molecule has 1 saturated heterocycles. The average Bonchev–Trinajstić information content (AvgIpc) is 3.10. The predicted octanol–water partition coefficient (Wildman–Crippen LogP) is 2.21. The average molecular weight is 370 g/mol. The van der Waals surface area contributed by atoms with Crippen molar-refractivity contribution in [1.82, 2.24) is 20.1 Å². The Bertz CT molecular complexity index is 810. The van der Waals surface area contributed by atoms with Crippen LogP contribution in [0.3, 0.4) is 0 Å². The molecule has 1 aliphatic heterocycles. The van der Waals surface area contributed by atoms with Gasteiger partial charge in [-0.05, 0) is 19.1 Å². The Morgan fingerprint density at radius 2 is 2.19 bits per heavy atom. The van der Waals surface area contributed by atoms with E-state index in [1.807, 2.05) is 23.2 Å². The van der Waals surface area contributed by atoms with E-state index in [1.54, 1.807) is 17.4 Å². The van der Waals surface area contributed by atoms with E-state index in [4.69, 9.17) is 5.26 Å². The number of anilines is 1. The summed E-state index contributed by atoms with van der Waals surface area (Å²) in [5, 5.41) is 17.9. The maximum atomic E-state index is 12.6. The minimum Gasteiger partial charge on any atom is -0.349 e. The van der Waals surface area contributed by atoms with Crippen LogP contribution in [0.4, 0.5) is 5.82 Å². The number of nitrogens with zero attached hydrogens (tertiary/aromatic N) is 6. The van der Waals surface area contributed by atoms with Gasteiger partial charge in [-0.25, -0.2) is 4.98 Å². The quantitative estimate of drug-likeness (QED) is 0.820. The molecule has 7 nitrogen and oxygen atoms in total. The first-order valence-corrected chi connectivity index (χ1v) is 9.52. The molecule has 136 valence electrons. The fraction of sp³-hybridized carbons (Fsp3) is 0.500. The number of rotatable bonds is 4. The van der Waals surface area contributed by atoms with Gasteiger partial charge in [-0.3, -0.25) is 4.79 Å². The number of thiazole rings is 1. The maximum Gasteiger partial charge on any atom is 0.228 e. The Morgan fingerprint density at radius 1 is 1.38 bits per heavy atom. The zero-order valence-electron chi connectivity index (χ0n) is 15.2. The van der Waals surface area contributed by atoms with Crippen molar-refractivity contribution in [3.05, 3.63) is 33.9 Å². The number of hydrogen-bond acceptors (Lipinski definition) is 7. The summed E-state index contributed by atoms with van der Waals surface area (Å²) in [7, 11) is 0. The van der Waals surface area contributed by atoms with E-state index in [0.29, 0.717) is 37.7 Å². The number of carbonyl (C=O) groups excluding carboxylic acids is 1. The van der Waals surface area contributed by atoms with Gasteiger partial charge in [0.25, 0.3) is 0 Å². The van der Waals surface area contributed by atoms with E-state index in [1.165, 1.54) is 0 Å². The SMILES string of the molecule is CC(C)c1ncc(CC(=O)N2CCN(c3ccc(C#N)nn3)[C@H](C)C2)s1. The summed E-state index contributed by atoms with van der Waals surface area (Å²) in [6.45, 7) is 8.29. The van der Waals surface area contributed by atoms with E-state index >= 15 is 0 Å². The van der Waals surface area contributed by atoms with Crippen LogP contribution in [0.1, 0.15) is 42.3 Å². The molecule has 1 aliphatic rings. The first-order chi connectivity index (χ1) is 12.5. The van der Waals surface area contributed by atoms with Crippen molar-refractivity contribution < 1.29 is 4.79 Å². The second kappa shape index (κ2) is 7.79. The molecule has 3 heterocycles. The first-order valence-electron chi connectivity index (χ1n) is 8.70. The molecule has 0 aliphatic carbocycles. The summed E-state index contributed by atoms with van der Waals surface area (Å²) in [5.74, 6) is 1.27. The van der Waals surface area contributed by atoms with Gasteiger partial charge in [0, 0.05) is 42.7 Å². The Labute approximate surface area is 157 Å². The van der Waals surface area contributed by atoms with Crippen molar-refractivity contribution in [3.63, 3.8) is 0 Å². The Morgan fingerprint density at radius 3 is 2.77 bits per heavy atom. The molecule has 1 fully saturated rings. The maximum absolute atomic E-state index is 12.6. The summed E-state index contributed by atoms with van der Waals surface area (Å²) in [6, 6.07) is 5.59. The van der Waals surface area contributed by atoms with E-state index < -0.39 is 0 Å². The number of amides is 1. The minimum absolute atomic E-state index is 0.140. The van der Waals surface area contributed by atoms with E-state index in [-0.39, 0.29) is 11.9 Å². The summed E-state index contributed by atoms with van der Waals surface area (Å²) < 4.78 is 0. The fourth-order valence-corrected chi connectivity index (χ4v) is 3.91. The van der Waals surface area contributed by atoms with Crippen LogP contribution >= 0.6 is 11.3 Å². The van der Waals surface area contributed by atoms with Gasteiger partial charge in [0.2, 0.25) is 5.91 Å². The largest absolute Gasteiger partial charge is 0.349 e. The third-order valence-corrected chi connectivity index (χ3v) is 5.73. The molecule has 0 bridgehead atoms. The molecule has 0 unspecified atom stereocenters.